The fraction of sp³-hybridized carbons (Fsp3) is 0.462. The van der Waals surface area contributed by atoms with Crippen LogP contribution in [0.2, 0.25) is 0 Å². The van der Waals surface area contributed by atoms with Crippen molar-refractivity contribution in [2.24, 2.45) is 5.16 Å². The van der Waals surface area contributed by atoms with E-state index in [0.717, 1.165) is 19.3 Å². The molecule has 0 aliphatic carbocycles. The molecule has 1 aromatic carbocycles. The van der Waals surface area contributed by atoms with E-state index in [1.165, 1.54) is 6.21 Å². The van der Waals surface area contributed by atoms with Gasteiger partial charge in [0.05, 0.1) is 5.56 Å². The molecule has 0 radical (unpaired) electrons. The van der Waals surface area contributed by atoms with Crippen molar-refractivity contribution in [1.29, 1.82) is 0 Å². The zero-order chi connectivity index (χ0) is 15.1. The molecule has 20 heavy (non-hydrogen) atoms. The van der Waals surface area contributed by atoms with Crippen LogP contribution in [0.15, 0.2) is 5.16 Å². The number of benzene rings is 1. The SMILES string of the molecule is CCCCC/C=N/OCc1c(F)c(F)c(F)c(F)c1F. The van der Waals surface area contributed by atoms with Crippen molar-refractivity contribution in [3.63, 3.8) is 0 Å². The number of nitrogens with zero attached hydrogens (tertiary/aromatic N) is 1. The van der Waals surface area contributed by atoms with Crippen LogP contribution in [-0.4, -0.2) is 6.21 Å². The molecule has 0 aromatic heterocycles. The topological polar surface area (TPSA) is 21.6 Å². The second-order valence-corrected chi connectivity index (χ2v) is 4.11. The van der Waals surface area contributed by atoms with Crippen LogP contribution >= 0.6 is 0 Å². The Bertz CT molecular complexity index is 461. The lowest BCUT2D eigenvalue weighted by molar-refractivity contribution is 0.124. The Balaban J connectivity index is 2.65. The zero-order valence-corrected chi connectivity index (χ0v) is 10.9. The summed E-state index contributed by atoms with van der Waals surface area (Å²) in [5.74, 6) is -9.97. The number of halogens is 5. The van der Waals surface area contributed by atoms with Crippen LogP contribution in [0.25, 0.3) is 0 Å². The normalized spacial score (nSPS) is 11.3. The lowest BCUT2D eigenvalue weighted by atomic mass is 10.2. The van der Waals surface area contributed by atoms with Crippen molar-refractivity contribution in [3.8, 4) is 0 Å². The van der Waals surface area contributed by atoms with E-state index in [9.17, 15) is 22.0 Å². The fourth-order valence-corrected chi connectivity index (χ4v) is 1.47. The van der Waals surface area contributed by atoms with Crippen LogP contribution in [-0.2, 0) is 11.4 Å². The van der Waals surface area contributed by atoms with E-state index in [0.29, 0.717) is 6.42 Å². The second kappa shape index (κ2) is 7.81. The fourth-order valence-electron chi connectivity index (χ4n) is 1.47. The maximum absolute atomic E-state index is 13.2. The third kappa shape index (κ3) is 3.91. The molecule has 0 spiro atoms. The lowest BCUT2D eigenvalue weighted by Crippen LogP contribution is -2.07. The minimum atomic E-state index is -2.19. The smallest absolute Gasteiger partial charge is 0.200 e. The highest BCUT2D eigenvalue weighted by molar-refractivity contribution is 5.56. The Morgan fingerprint density at radius 2 is 1.45 bits per heavy atom. The van der Waals surface area contributed by atoms with E-state index in [1.54, 1.807) is 0 Å². The third-order valence-electron chi connectivity index (χ3n) is 2.60. The average Bonchev–Trinajstić information content (AvgIpc) is 2.45. The van der Waals surface area contributed by atoms with Crippen molar-refractivity contribution in [2.45, 2.75) is 39.2 Å². The first kappa shape index (κ1) is 16.4. The molecule has 0 amide bonds. The Morgan fingerprint density at radius 1 is 0.900 bits per heavy atom. The quantitative estimate of drug-likeness (QED) is 0.182. The van der Waals surface area contributed by atoms with Crippen LogP contribution in [0, 0.1) is 29.1 Å². The minimum Gasteiger partial charge on any atom is -0.391 e. The highest BCUT2D eigenvalue weighted by Crippen LogP contribution is 2.23. The molecule has 1 rings (SSSR count). The van der Waals surface area contributed by atoms with Gasteiger partial charge in [-0.15, -0.1) is 0 Å². The number of oxime groups is 1. The second-order valence-electron chi connectivity index (χ2n) is 4.11. The molecule has 1 aromatic rings. The molecule has 7 heteroatoms. The molecule has 0 aliphatic rings. The summed E-state index contributed by atoms with van der Waals surface area (Å²) in [6.07, 6.45) is 4.92. The van der Waals surface area contributed by atoms with Crippen molar-refractivity contribution in [1.82, 2.24) is 0 Å². The molecule has 0 atom stereocenters. The molecule has 0 fully saturated rings. The van der Waals surface area contributed by atoms with Crippen LogP contribution in [0.4, 0.5) is 22.0 Å². The average molecular weight is 295 g/mol. The van der Waals surface area contributed by atoms with Gasteiger partial charge in [0.25, 0.3) is 0 Å². The largest absolute Gasteiger partial charge is 0.391 e. The van der Waals surface area contributed by atoms with Crippen LogP contribution < -0.4 is 0 Å². The number of hydrogen-bond donors (Lipinski definition) is 0. The zero-order valence-electron chi connectivity index (χ0n) is 10.9. The molecule has 0 heterocycles. The molecule has 0 bridgehead atoms. The van der Waals surface area contributed by atoms with Gasteiger partial charge in [-0.3, -0.25) is 0 Å². The molecule has 0 saturated carbocycles. The Labute approximate surface area is 113 Å². The maximum Gasteiger partial charge on any atom is 0.200 e. The highest BCUT2D eigenvalue weighted by Gasteiger charge is 2.25. The van der Waals surface area contributed by atoms with E-state index in [2.05, 4.69) is 9.99 Å². The summed E-state index contributed by atoms with van der Waals surface area (Å²) in [7, 11) is 0. The molecular formula is C13H14F5NO. The van der Waals surface area contributed by atoms with Crippen LogP contribution in [0.5, 0.6) is 0 Å². The molecule has 0 unspecified atom stereocenters. The van der Waals surface area contributed by atoms with Crippen LogP contribution in [0.3, 0.4) is 0 Å². The van der Waals surface area contributed by atoms with Gasteiger partial charge in [-0.2, -0.15) is 0 Å². The van der Waals surface area contributed by atoms with Crippen LogP contribution in [0.1, 0.15) is 38.2 Å². The summed E-state index contributed by atoms with van der Waals surface area (Å²) in [5, 5.41) is 3.41. The van der Waals surface area contributed by atoms with E-state index >= 15 is 0 Å². The van der Waals surface area contributed by atoms with E-state index in [-0.39, 0.29) is 0 Å². The molecule has 0 N–H and O–H groups in total. The molecule has 2 nitrogen and oxygen atoms in total. The number of hydrogen-bond acceptors (Lipinski definition) is 2. The van der Waals surface area contributed by atoms with Gasteiger partial charge in [-0.05, 0) is 12.8 Å². The monoisotopic (exact) mass is 295 g/mol. The van der Waals surface area contributed by atoms with Gasteiger partial charge in [0.1, 0.15) is 6.61 Å². The molecule has 0 saturated heterocycles. The number of unbranched alkanes of at least 4 members (excludes halogenated alkanes) is 3. The summed E-state index contributed by atoms with van der Waals surface area (Å²) < 4.78 is 64.9. The van der Waals surface area contributed by atoms with Gasteiger partial charge >= 0.3 is 0 Å². The van der Waals surface area contributed by atoms with E-state index in [4.69, 9.17) is 0 Å². The van der Waals surface area contributed by atoms with Gasteiger partial charge in [0.2, 0.25) is 5.82 Å². The van der Waals surface area contributed by atoms with Gasteiger partial charge in [0.15, 0.2) is 23.3 Å². The molecule has 0 aliphatic heterocycles. The Kier molecular flexibility index (Phi) is 6.41. The Hall–Kier alpha value is -1.66. The first-order valence-electron chi connectivity index (χ1n) is 6.14. The minimum absolute atomic E-state index is 0.616. The standard InChI is InChI=1S/C13H14F5NO/c1-2-3-4-5-6-19-20-7-8-9(14)11(16)13(18)12(17)10(8)15/h6H,2-5,7H2,1H3/b19-6+. The predicted octanol–water partition coefficient (Wildman–Crippen LogP) is 4.46. The van der Waals surface area contributed by atoms with Crippen molar-refractivity contribution < 1.29 is 26.8 Å². The number of rotatable bonds is 7. The highest BCUT2D eigenvalue weighted by atomic mass is 19.2. The molecular weight excluding hydrogens is 281 g/mol. The van der Waals surface area contributed by atoms with Gasteiger partial charge in [-0.1, -0.05) is 24.9 Å². The first-order chi connectivity index (χ1) is 9.50. The summed E-state index contributed by atoms with van der Waals surface area (Å²) >= 11 is 0. The van der Waals surface area contributed by atoms with Crippen molar-refractivity contribution in [3.05, 3.63) is 34.6 Å². The van der Waals surface area contributed by atoms with Gasteiger partial charge < -0.3 is 4.84 Å². The summed E-state index contributed by atoms with van der Waals surface area (Å²) in [4.78, 5) is 4.55. The predicted molar refractivity (Wildman–Crippen MR) is 63.7 cm³/mol. The lowest BCUT2D eigenvalue weighted by Gasteiger charge is -2.06. The van der Waals surface area contributed by atoms with Crippen molar-refractivity contribution in [2.75, 3.05) is 0 Å². The first-order valence-corrected chi connectivity index (χ1v) is 6.14. The summed E-state index contributed by atoms with van der Waals surface area (Å²) in [6.45, 7) is 1.20. The third-order valence-corrected chi connectivity index (χ3v) is 2.60. The van der Waals surface area contributed by atoms with Gasteiger partial charge in [0, 0.05) is 6.21 Å². The van der Waals surface area contributed by atoms with E-state index < -0.39 is 41.3 Å². The molecule has 112 valence electrons. The summed E-state index contributed by atoms with van der Waals surface area (Å²) in [6, 6.07) is 0. The Morgan fingerprint density at radius 3 is 2.00 bits per heavy atom. The summed E-state index contributed by atoms with van der Waals surface area (Å²) in [5.41, 5.74) is -1.04. The maximum atomic E-state index is 13.2. The van der Waals surface area contributed by atoms with E-state index in [1.807, 2.05) is 6.92 Å². The van der Waals surface area contributed by atoms with Gasteiger partial charge in [-0.25, -0.2) is 22.0 Å². The van der Waals surface area contributed by atoms with Crippen molar-refractivity contribution >= 4 is 6.21 Å².